The molecule has 2 N–H and O–H groups in total. The van der Waals surface area contributed by atoms with Gasteiger partial charge in [0, 0.05) is 17.6 Å². The molecule has 0 bridgehead atoms. The Hall–Kier alpha value is -0.910. The third-order valence-electron chi connectivity index (χ3n) is 4.18. The second-order valence-corrected chi connectivity index (χ2v) is 7.54. The van der Waals surface area contributed by atoms with Gasteiger partial charge in [-0.15, -0.1) is 0 Å². The molecule has 1 saturated carbocycles. The first-order chi connectivity index (χ1) is 8.90. The molecule has 5 heteroatoms. The highest BCUT2D eigenvalue weighted by Gasteiger charge is 2.69. The van der Waals surface area contributed by atoms with Gasteiger partial charge in [-0.1, -0.05) is 31.2 Å². The number of benzene rings is 1. The van der Waals surface area contributed by atoms with E-state index in [-0.39, 0.29) is 19.1 Å². The fourth-order valence-electron chi connectivity index (χ4n) is 3.02. The Morgan fingerprint density at radius 2 is 1.68 bits per heavy atom. The predicted molar refractivity (Wildman–Crippen MR) is 73.8 cm³/mol. The van der Waals surface area contributed by atoms with Crippen molar-refractivity contribution < 1.29 is 18.6 Å². The Balaban J connectivity index is 2.37. The Bertz CT molecular complexity index is 543. The normalized spacial score (nSPS) is 25.3. The van der Waals surface area contributed by atoms with E-state index in [4.69, 9.17) is 0 Å². The van der Waals surface area contributed by atoms with E-state index in [9.17, 15) is 18.6 Å². The lowest BCUT2D eigenvalue weighted by Crippen LogP contribution is -2.22. The molecular formula is C14H20O4S. The fourth-order valence-corrected chi connectivity index (χ4v) is 5.01. The molecule has 1 fully saturated rings. The molecule has 1 aromatic rings. The molecule has 0 spiro atoms. The molecule has 1 aromatic carbocycles. The lowest BCUT2D eigenvalue weighted by molar-refractivity contribution is 0.130. The van der Waals surface area contributed by atoms with E-state index in [2.05, 4.69) is 6.92 Å². The molecule has 0 saturated heterocycles. The molecule has 1 aliphatic carbocycles. The van der Waals surface area contributed by atoms with Crippen LogP contribution in [0.25, 0.3) is 0 Å². The van der Waals surface area contributed by atoms with Gasteiger partial charge in [0.2, 0.25) is 0 Å². The second kappa shape index (κ2) is 4.89. The average molecular weight is 284 g/mol. The summed E-state index contributed by atoms with van der Waals surface area (Å²) in [4.78, 5) is 0. The van der Waals surface area contributed by atoms with Crippen LogP contribution < -0.4 is 0 Å². The van der Waals surface area contributed by atoms with Crippen LogP contribution in [0.15, 0.2) is 24.3 Å². The second-order valence-electron chi connectivity index (χ2n) is 5.37. The van der Waals surface area contributed by atoms with Gasteiger partial charge < -0.3 is 10.2 Å². The van der Waals surface area contributed by atoms with Crippen LogP contribution in [-0.2, 0) is 16.3 Å². The highest BCUT2D eigenvalue weighted by molar-refractivity contribution is 7.91. The van der Waals surface area contributed by atoms with Crippen LogP contribution in [0.5, 0.6) is 0 Å². The molecule has 4 nitrogen and oxygen atoms in total. The van der Waals surface area contributed by atoms with Gasteiger partial charge in [0.1, 0.15) is 0 Å². The Morgan fingerprint density at radius 3 is 2.00 bits per heavy atom. The SMILES string of the molecule is CCc1ccc([C@H]2[C@@H](S(C)(=O)=O)C2(CO)CO)cc1. The van der Waals surface area contributed by atoms with Crippen LogP contribution >= 0.6 is 0 Å². The van der Waals surface area contributed by atoms with Crippen molar-refractivity contribution in [3.63, 3.8) is 0 Å². The molecule has 106 valence electrons. The summed E-state index contributed by atoms with van der Waals surface area (Å²) in [5, 5.41) is 18.3. The quantitative estimate of drug-likeness (QED) is 0.836. The molecule has 0 aliphatic heterocycles. The summed E-state index contributed by atoms with van der Waals surface area (Å²) in [7, 11) is -3.29. The minimum Gasteiger partial charge on any atom is -0.396 e. The molecule has 0 aromatic heterocycles. The van der Waals surface area contributed by atoms with Gasteiger partial charge in [0.05, 0.1) is 18.5 Å². The predicted octanol–water partition coefficient (Wildman–Crippen LogP) is 0.730. The zero-order chi connectivity index (χ0) is 14.3. The third-order valence-corrected chi connectivity index (χ3v) is 5.84. The average Bonchev–Trinajstić information content (AvgIpc) is 3.09. The summed E-state index contributed by atoms with van der Waals surface area (Å²) in [6.45, 7) is 1.42. The Kier molecular flexibility index (Phi) is 3.73. The third kappa shape index (κ3) is 2.30. The minimum atomic E-state index is -3.29. The highest BCUT2D eigenvalue weighted by atomic mass is 32.2. The maximum absolute atomic E-state index is 11.8. The first kappa shape index (κ1) is 14.5. The van der Waals surface area contributed by atoms with Gasteiger partial charge in [-0.05, 0) is 17.5 Å². The molecule has 0 radical (unpaired) electrons. The van der Waals surface area contributed by atoms with E-state index in [1.165, 1.54) is 5.56 Å². The van der Waals surface area contributed by atoms with Gasteiger partial charge in [0.25, 0.3) is 0 Å². The molecular weight excluding hydrogens is 264 g/mol. The maximum atomic E-state index is 11.8. The van der Waals surface area contributed by atoms with Crippen LogP contribution in [0.2, 0.25) is 0 Å². The summed E-state index contributed by atoms with van der Waals surface area (Å²) in [6.07, 6.45) is 2.09. The number of sulfone groups is 1. The zero-order valence-corrected chi connectivity index (χ0v) is 12.0. The number of hydrogen-bond donors (Lipinski definition) is 2. The van der Waals surface area contributed by atoms with Crippen molar-refractivity contribution in [3.8, 4) is 0 Å². The van der Waals surface area contributed by atoms with Crippen molar-refractivity contribution in [1.82, 2.24) is 0 Å². The van der Waals surface area contributed by atoms with Crippen molar-refractivity contribution in [2.24, 2.45) is 5.41 Å². The van der Waals surface area contributed by atoms with Crippen LogP contribution in [0.4, 0.5) is 0 Å². The molecule has 0 unspecified atom stereocenters. The number of hydrogen-bond acceptors (Lipinski definition) is 4. The Morgan fingerprint density at radius 1 is 1.16 bits per heavy atom. The van der Waals surface area contributed by atoms with E-state index >= 15 is 0 Å². The zero-order valence-electron chi connectivity index (χ0n) is 11.2. The molecule has 0 heterocycles. The monoisotopic (exact) mass is 284 g/mol. The summed E-state index contributed by atoms with van der Waals surface area (Å²) < 4.78 is 23.6. The highest BCUT2D eigenvalue weighted by Crippen LogP contribution is 2.62. The van der Waals surface area contributed by atoms with Gasteiger partial charge in [0.15, 0.2) is 9.84 Å². The maximum Gasteiger partial charge on any atom is 0.151 e. The lowest BCUT2D eigenvalue weighted by Gasteiger charge is -2.10. The first-order valence-corrected chi connectivity index (χ1v) is 8.35. The summed E-state index contributed by atoms with van der Waals surface area (Å²) in [6, 6.07) is 7.72. The van der Waals surface area contributed by atoms with Gasteiger partial charge in [-0.25, -0.2) is 8.42 Å². The van der Waals surface area contributed by atoms with Crippen molar-refractivity contribution in [2.75, 3.05) is 19.5 Å². The van der Waals surface area contributed by atoms with E-state index in [0.717, 1.165) is 18.2 Å². The standard InChI is InChI=1S/C14H20O4S/c1-3-10-4-6-11(7-5-10)12-13(19(2,17)18)14(12,8-15)9-16/h4-7,12-13,15-16H,3,8-9H2,1-2H3/t12-,13+/m0/s1. The summed E-state index contributed by atoms with van der Waals surface area (Å²) in [5.41, 5.74) is 1.12. The van der Waals surface area contributed by atoms with Crippen LogP contribution in [-0.4, -0.2) is 43.4 Å². The van der Waals surface area contributed by atoms with Crippen molar-refractivity contribution >= 4 is 9.84 Å². The van der Waals surface area contributed by atoms with Crippen molar-refractivity contribution in [2.45, 2.75) is 24.5 Å². The van der Waals surface area contributed by atoms with E-state index in [1.807, 2.05) is 24.3 Å². The summed E-state index contributed by atoms with van der Waals surface area (Å²) >= 11 is 0. The van der Waals surface area contributed by atoms with E-state index in [1.54, 1.807) is 0 Å². The van der Waals surface area contributed by atoms with Gasteiger partial charge in [-0.2, -0.15) is 0 Å². The molecule has 2 atom stereocenters. The number of aryl methyl sites for hydroxylation is 1. The molecule has 19 heavy (non-hydrogen) atoms. The molecule has 1 aliphatic rings. The van der Waals surface area contributed by atoms with Crippen LogP contribution in [0, 0.1) is 5.41 Å². The fraction of sp³-hybridized carbons (Fsp3) is 0.571. The number of rotatable bonds is 5. The van der Waals surface area contributed by atoms with Crippen molar-refractivity contribution in [3.05, 3.63) is 35.4 Å². The number of aliphatic hydroxyl groups excluding tert-OH is 2. The smallest absolute Gasteiger partial charge is 0.151 e. The van der Waals surface area contributed by atoms with Gasteiger partial charge >= 0.3 is 0 Å². The Labute approximate surface area is 114 Å². The largest absolute Gasteiger partial charge is 0.396 e. The molecule has 2 rings (SSSR count). The topological polar surface area (TPSA) is 74.6 Å². The van der Waals surface area contributed by atoms with E-state index in [0.29, 0.717) is 0 Å². The van der Waals surface area contributed by atoms with Crippen molar-refractivity contribution in [1.29, 1.82) is 0 Å². The van der Waals surface area contributed by atoms with Crippen LogP contribution in [0.3, 0.4) is 0 Å². The summed E-state index contributed by atoms with van der Waals surface area (Å²) in [5.74, 6) is -0.316. The van der Waals surface area contributed by atoms with Gasteiger partial charge in [-0.3, -0.25) is 0 Å². The van der Waals surface area contributed by atoms with E-state index < -0.39 is 20.5 Å². The minimum absolute atomic E-state index is 0.316. The first-order valence-electron chi connectivity index (χ1n) is 6.40. The van der Waals surface area contributed by atoms with Crippen LogP contribution in [0.1, 0.15) is 24.0 Å². The molecule has 0 amide bonds. The number of aliphatic hydroxyl groups is 2. The lowest BCUT2D eigenvalue weighted by atomic mass is 9.99.